The van der Waals surface area contributed by atoms with Crippen LogP contribution in [-0.2, 0) is 5.54 Å². The van der Waals surface area contributed by atoms with Crippen LogP contribution in [0.1, 0.15) is 24.8 Å². The monoisotopic (exact) mass is 266 g/mol. The number of halogens is 1. The number of nitrogens with zero attached hydrogens (tertiary/aromatic N) is 1. The van der Waals surface area contributed by atoms with Crippen LogP contribution in [0.15, 0.2) is 23.2 Å². The first-order valence-electron chi connectivity index (χ1n) is 6.09. The van der Waals surface area contributed by atoms with E-state index in [4.69, 9.17) is 5.73 Å². The second kappa shape index (κ2) is 4.16. The number of phenolic OH excluding ortho intramolecular Hbond substituents is 1. The van der Waals surface area contributed by atoms with E-state index < -0.39 is 5.82 Å². The molecular weight excluding hydrogens is 251 g/mol. The van der Waals surface area contributed by atoms with E-state index in [1.807, 2.05) is 0 Å². The van der Waals surface area contributed by atoms with Gasteiger partial charge < -0.3 is 10.8 Å². The van der Waals surface area contributed by atoms with Crippen molar-refractivity contribution < 1.29 is 9.50 Å². The van der Waals surface area contributed by atoms with E-state index in [9.17, 15) is 9.50 Å². The number of nitrogens with two attached hydrogens (primary N) is 1. The fraction of sp³-hybridized carbons (Fsp3) is 0.462. The first-order valence-corrected chi connectivity index (χ1v) is 7.07. The van der Waals surface area contributed by atoms with Gasteiger partial charge in [-0.15, -0.1) is 0 Å². The molecule has 1 aromatic carbocycles. The van der Waals surface area contributed by atoms with Gasteiger partial charge in [-0.3, -0.25) is 4.99 Å². The molecule has 5 heteroatoms. The zero-order valence-electron chi connectivity index (χ0n) is 9.90. The number of phenols is 1. The molecule has 96 valence electrons. The molecule has 0 spiro atoms. The number of aliphatic imine (C=N–C) groups is 1. The van der Waals surface area contributed by atoms with Crippen molar-refractivity contribution in [1.29, 1.82) is 0 Å². The minimum absolute atomic E-state index is 0.306. The molecule has 2 atom stereocenters. The predicted octanol–water partition coefficient (Wildman–Crippen LogP) is 2.59. The maximum Gasteiger partial charge on any atom is 0.164 e. The summed E-state index contributed by atoms with van der Waals surface area (Å²) in [7, 11) is 0. The second-order valence-electron chi connectivity index (χ2n) is 4.94. The van der Waals surface area contributed by atoms with E-state index in [0.29, 0.717) is 11.1 Å². The number of fused-ring (bicyclic) bond motifs is 1. The van der Waals surface area contributed by atoms with Crippen LogP contribution in [0, 0.1) is 11.7 Å². The lowest BCUT2D eigenvalue weighted by molar-refractivity contribution is 0.351. The molecule has 0 unspecified atom stereocenters. The molecular formula is C13H15FN2OS. The van der Waals surface area contributed by atoms with Gasteiger partial charge in [0, 0.05) is 5.75 Å². The molecule has 1 aliphatic carbocycles. The van der Waals surface area contributed by atoms with Crippen LogP contribution in [0.5, 0.6) is 5.75 Å². The Hall–Kier alpha value is -1.23. The molecule has 0 aromatic heterocycles. The first kappa shape index (κ1) is 11.8. The molecule has 0 amide bonds. The molecule has 0 saturated heterocycles. The Bertz CT molecular complexity index is 520. The number of aromatic hydroxyl groups is 1. The van der Waals surface area contributed by atoms with Crippen LogP contribution >= 0.6 is 11.8 Å². The summed E-state index contributed by atoms with van der Waals surface area (Å²) in [6.45, 7) is 0. The Labute approximate surface area is 109 Å². The van der Waals surface area contributed by atoms with Crippen LogP contribution in [0.3, 0.4) is 0 Å². The number of thioether (sulfide) groups is 1. The van der Waals surface area contributed by atoms with Gasteiger partial charge >= 0.3 is 0 Å². The van der Waals surface area contributed by atoms with Gasteiger partial charge in [0.1, 0.15) is 0 Å². The Balaban J connectivity index is 2.11. The maximum absolute atomic E-state index is 13.2. The molecule has 3 rings (SSSR count). The topological polar surface area (TPSA) is 58.6 Å². The SMILES string of the molecule is NC1=N[C@]2(c3ccc(F)c(O)c3)CCC[C@H]2CS1. The minimum Gasteiger partial charge on any atom is -0.505 e. The van der Waals surface area contributed by atoms with E-state index in [0.717, 1.165) is 30.6 Å². The summed E-state index contributed by atoms with van der Waals surface area (Å²) in [4.78, 5) is 4.64. The number of rotatable bonds is 1. The molecule has 2 aliphatic rings. The molecule has 1 aliphatic heterocycles. The van der Waals surface area contributed by atoms with Gasteiger partial charge in [-0.25, -0.2) is 4.39 Å². The third-order valence-corrected chi connectivity index (χ3v) is 4.93. The van der Waals surface area contributed by atoms with Crippen LogP contribution in [0.25, 0.3) is 0 Å². The summed E-state index contributed by atoms with van der Waals surface area (Å²) in [5.74, 6) is 0.485. The van der Waals surface area contributed by atoms with Crippen molar-refractivity contribution in [2.45, 2.75) is 24.8 Å². The summed E-state index contributed by atoms with van der Waals surface area (Å²) in [5, 5.41) is 10.1. The summed E-state index contributed by atoms with van der Waals surface area (Å²) >= 11 is 1.59. The molecule has 1 heterocycles. The maximum atomic E-state index is 13.2. The van der Waals surface area contributed by atoms with E-state index in [2.05, 4.69) is 4.99 Å². The fourth-order valence-corrected chi connectivity index (χ4v) is 4.11. The van der Waals surface area contributed by atoms with Crippen molar-refractivity contribution >= 4 is 16.9 Å². The van der Waals surface area contributed by atoms with Crippen molar-refractivity contribution in [3.05, 3.63) is 29.6 Å². The highest BCUT2D eigenvalue weighted by molar-refractivity contribution is 8.13. The third-order valence-electron chi connectivity index (χ3n) is 3.97. The molecule has 3 N–H and O–H groups in total. The van der Waals surface area contributed by atoms with Gasteiger partial charge in [-0.1, -0.05) is 24.2 Å². The molecule has 1 fully saturated rings. The van der Waals surface area contributed by atoms with E-state index in [1.165, 1.54) is 12.1 Å². The summed E-state index contributed by atoms with van der Waals surface area (Å²) in [6.07, 6.45) is 3.13. The Kier molecular flexibility index (Phi) is 2.73. The van der Waals surface area contributed by atoms with Crippen molar-refractivity contribution in [3.63, 3.8) is 0 Å². The number of amidine groups is 1. The van der Waals surface area contributed by atoms with Gasteiger partial charge in [0.15, 0.2) is 16.7 Å². The van der Waals surface area contributed by atoms with Gasteiger partial charge in [-0.05, 0) is 36.5 Å². The van der Waals surface area contributed by atoms with Crippen molar-refractivity contribution in [2.75, 3.05) is 5.75 Å². The molecule has 1 aromatic rings. The molecule has 0 radical (unpaired) electrons. The quantitative estimate of drug-likeness (QED) is 0.821. The Morgan fingerprint density at radius 3 is 3.11 bits per heavy atom. The summed E-state index contributed by atoms with van der Waals surface area (Å²) < 4.78 is 13.2. The highest BCUT2D eigenvalue weighted by Crippen LogP contribution is 2.51. The van der Waals surface area contributed by atoms with E-state index in [-0.39, 0.29) is 11.3 Å². The molecule has 1 saturated carbocycles. The van der Waals surface area contributed by atoms with Gasteiger partial charge in [0.25, 0.3) is 0 Å². The highest BCUT2D eigenvalue weighted by Gasteiger charge is 2.46. The largest absolute Gasteiger partial charge is 0.505 e. The molecule has 18 heavy (non-hydrogen) atoms. The molecule has 3 nitrogen and oxygen atoms in total. The first-order chi connectivity index (χ1) is 8.62. The normalized spacial score (nSPS) is 30.9. The second-order valence-corrected chi connectivity index (χ2v) is 5.98. The standard InChI is InChI=1S/C13H15FN2OS/c14-10-4-3-8(6-11(10)17)13-5-1-2-9(13)7-18-12(15)16-13/h3-4,6,9,17H,1-2,5,7H2,(H2,15,16)/t9-,13-/m0/s1. The fourth-order valence-electron chi connectivity index (χ4n) is 3.07. The summed E-state index contributed by atoms with van der Waals surface area (Å²) in [5.41, 5.74) is 6.39. The van der Waals surface area contributed by atoms with Crippen LogP contribution in [-0.4, -0.2) is 16.0 Å². The van der Waals surface area contributed by atoms with Crippen molar-refractivity contribution in [2.24, 2.45) is 16.6 Å². The third kappa shape index (κ3) is 1.68. The Morgan fingerprint density at radius 2 is 2.33 bits per heavy atom. The minimum atomic E-state index is -0.591. The van der Waals surface area contributed by atoms with Crippen molar-refractivity contribution in [1.82, 2.24) is 0 Å². The average Bonchev–Trinajstić information content (AvgIpc) is 2.76. The van der Waals surface area contributed by atoms with Gasteiger partial charge in [0.2, 0.25) is 0 Å². The van der Waals surface area contributed by atoms with Gasteiger partial charge in [0.05, 0.1) is 5.54 Å². The smallest absolute Gasteiger partial charge is 0.164 e. The summed E-state index contributed by atoms with van der Waals surface area (Å²) in [6, 6.07) is 4.53. The average molecular weight is 266 g/mol. The van der Waals surface area contributed by atoms with E-state index in [1.54, 1.807) is 17.8 Å². The lowest BCUT2D eigenvalue weighted by atomic mass is 9.81. The number of benzene rings is 1. The van der Waals surface area contributed by atoms with Crippen molar-refractivity contribution in [3.8, 4) is 5.75 Å². The lowest BCUT2D eigenvalue weighted by Crippen LogP contribution is -2.36. The van der Waals surface area contributed by atoms with Crippen LogP contribution in [0.4, 0.5) is 4.39 Å². The highest BCUT2D eigenvalue weighted by atomic mass is 32.2. The number of hydrogen-bond acceptors (Lipinski definition) is 4. The van der Waals surface area contributed by atoms with Crippen LogP contribution in [0.2, 0.25) is 0 Å². The predicted molar refractivity (Wildman–Crippen MR) is 71.2 cm³/mol. The Morgan fingerprint density at radius 1 is 1.50 bits per heavy atom. The van der Waals surface area contributed by atoms with Gasteiger partial charge in [-0.2, -0.15) is 0 Å². The number of hydrogen-bond donors (Lipinski definition) is 2. The van der Waals surface area contributed by atoms with E-state index >= 15 is 0 Å². The molecule has 0 bridgehead atoms. The lowest BCUT2D eigenvalue weighted by Gasteiger charge is -2.35. The zero-order valence-corrected chi connectivity index (χ0v) is 10.7. The van der Waals surface area contributed by atoms with Crippen LogP contribution < -0.4 is 5.73 Å². The zero-order chi connectivity index (χ0) is 12.8.